The Morgan fingerprint density at radius 3 is 1.95 bits per heavy atom. The number of rotatable bonds is 10. The minimum absolute atomic E-state index is 0.0759. The molecule has 222 valence electrons. The molecule has 1 unspecified atom stereocenters. The number of piperidine rings is 1. The monoisotopic (exact) mass is 575 g/mol. The number of phenolic OH excluding ortho intramolecular Hbond substituents is 2. The predicted octanol–water partition coefficient (Wildman–Crippen LogP) is 4.01. The van der Waals surface area contributed by atoms with Gasteiger partial charge in [0.25, 0.3) is 0 Å². The lowest BCUT2D eigenvalue weighted by Crippen LogP contribution is -2.56. The van der Waals surface area contributed by atoms with Gasteiger partial charge in [-0.05, 0) is 69.4 Å². The Morgan fingerprint density at radius 2 is 1.45 bits per heavy atom. The first-order valence-corrected chi connectivity index (χ1v) is 14.1. The lowest BCUT2D eigenvalue weighted by molar-refractivity contribution is -0.127. The van der Waals surface area contributed by atoms with Crippen molar-refractivity contribution in [2.24, 2.45) is 11.8 Å². The lowest BCUT2D eigenvalue weighted by atomic mass is 9.67. The second kappa shape index (κ2) is 13.3. The van der Waals surface area contributed by atoms with Crippen LogP contribution in [0.4, 0.5) is 4.39 Å². The SMILES string of the molecule is Cc1c(F)cccc1C1[C@@H](C(=O)c2cccc(O)c2)CN(C(C)C(=O)NCCN(C)C)C[C@@H]1C(=O)c1cccc(O)c1. The van der Waals surface area contributed by atoms with E-state index in [1.807, 2.05) is 23.9 Å². The van der Waals surface area contributed by atoms with Gasteiger partial charge in [-0.25, -0.2) is 4.39 Å². The second-order valence-electron chi connectivity index (χ2n) is 11.2. The fourth-order valence-electron chi connectivity index (χ4n) is 5.78. The van der Waals surface area contributed by atoms with Crippen LogP contribution in [0.3, 0.4) is 0 Å². The molecule has 42 heavy (non-hydrogen) atoms. The van der Waals surface area contributed by atoms with Crippen LogP contribution in [0, 0.1) is 24.6 Å². The fraction of sp³-hybridized carbons (Fsp3) is 0.364. The summed E-state index contributed by atoms with van der Waals surface area (Å²) in [6, 6.07) is 16.0. The number of nitrogens with one attached hydrogen (secondary N) is 1. The maximum Gasteiger partial charge on any atom is 0.237 e. The van der Waals surface area contributed by atoms with Crippen LogP contribution >= 0.6 is 0 Å². The standard InChI is InChI=1S/C33H38FN3O5/c1-20-26(12-7-13-29(20)34)30-27(31(40)22-8-5-10-24(38)16-22)18-37(21(2)33(42)35-14-15-36(3)4)19-28(30)32(41)23-9-6-11-25(39)17-23/h5-13,16-17,21,27-28,30,38-39H,14-15,18-19H2,1-4H3,(H,35,42)/t21?,27-,28-/m0/s1. The maximum absolute atomic E-state index is 14.9. The number of phenols is 2. The van der Waals surface area contributed by atoms with Crippen molar-refractivity contribution in [3.8, 4) is 11.5 Å². The summed E-state index contributed by atoms with van der Waals surface area (Å²) in [5.41, 5.74) is 1.39. The molecule has 3 aromatic rings. The molecule has 3 N–H and O–H groups in total. The van der Waals surface area contributed by atoms with Crippen LogP contribution in [0.25, 0.3) is 0 Å². The summed E-state index contributed by atoms with van der Waals surface area (Å²) in [4.78, 5) is 45.3. The Balaban J connectivity index is 1.82. The number of Topliss-reactive ketones (excluding diaryl/α,β-unsaturated/α-hetero) is 2. The van der Waals surface area contributed by atoms with Gasteiger partial charge in [0.05, 0.1) is 6.04 Å². The van der Waals surface area contributed by atoms with E-state index in [1.54, 1.807) is 50.2 Å². The van der Waals surface area contributed by atoms with Crippen LogP contribution in [-0.4, -0.2) is 83.8 Å². The van der Waals surface area contributed by atoms with Gasteiger partial charge in [-0.15, -0.1) is 0 Å². The summed E-state index contributed by atoms with van der Waals surface area (Å²) in [5, 5.41) is 23.2. The summed E-state index contributed by atoms with van der Waals surface area (Å²) < 4.78 is 14.9. The van der Waals surface area contributed by atoms with Gasteiger partial charge in [-0.2, -0.15) is 0 Å². The number of likely N-dealkylation sites (N-methyl/N-ethyl adjacent to an activating group) is 1. The van der Waals surface area contributed by atoms with Gasteiger partial charge in [0.15, 0.2) is 11.6 Å². The first-order chi connectivity index (χ1) is 20.0. The van der Waals surface area contributed by atoms with Gasteiger partial charge < -0.3 is 20.4 Å². The van der Waals surface area contributed by atoms with Gasteiger partial charge in [-0.1, -0.05) is 36.4 Å². The molecule has 1 aliphatic rings. The average molecular weight is 576 g/mol. The third kappa shape index (κ3) is 6.86. The van der Waals surface area contributed by atoms with Gasteiger partial charge >= 0.3 is 0 Å². The van der Waals surface area contributed by atoms with Crippen LogP contribution in [0.15, 0.2) is 66.7 Å². The van der Waals surface area contributed by atoms with Gasteiger partial charge in [0.2, 0.25) is 5.91 Å². The molecule has 0 radical (unpaired) electrons. The molecule has 0 aliphatic carbocycles. The van der Waals surface area contributed by atoms with Crippen molar-refractivity contribution in [3.05, 3.63) is 94.8 Å². The molecule has 1 fully saturated rings. The molecular weight excluding hydrogens is 537 g/mol. The van der Waals surface area contributed by atoms with Crippen molar-refractivity contribution >= 4 is 17.5 Å². The van der Waals surface area contributed by atoms with Gasteiger partial charge in [0, 0.05) is 55.1 Å². The zero-order chi connectivity index (χ0) is 30.6. The zero-order valence-corrected chi connectivity index (χ0v) is 24.4. The Labute approximate surface area is 245 Å². The van der Waals surface area contributed by atoms with E-state index in [0.29, 0.717) is 24.2 Å². The Bertz CT molecular complexity index is 1390. The Kier molecular flexibility index (Phi) is 9.75. The molecule has 1 aliphatic heterocycles. The molecule has 1 amide bonds. The lowest BCUT2D eigenvalue weighted by Gasteiger charge is -2.45. The molecule has 3 aromatic carbocycles. The number of carbonyl (C=O) groups is 3. The van der Waals surface area contributed by atoms with Crippen LogP contribution in [0.5, 0.6) is 11.5 Å². The van der Waals surface area contributed by atoms with Crippen molar-refractivity contribution in [3.63, 3.8) is 0 Å². The predicted molar refractivity (Wildman–Crippen MR) is 158 cm³/mol. The van der Waals surface area contributed by atoms with Crippen molar-refractivity contribution in [2.75, 3.05) is 40.3 Å². The number of likely N-dealkylation sites (tertiary alicyclic amines) is 1. The first-order valence-electron chi connectivity index (χ1n) is 14.1. The molecular formula is C33H38FN3O5. The molecule has 1 heterocycles. The van der Waals surface area contributed by atoms with E-state index in [4.69, 9.17) is 0 Å². The summed E-state index contributed by atoms with van der Waals surface area (Å²) in [5.74, 6) is -3.89. The molecule has 3 atom stereocenters. The van der Waals surface area contributed by atoms with Crippen LogP contribution < -0.4 is 5.32 Å². The van der Waals surface area contributed by atoms with Crippen molar-refractivity contribution < 1.29 is 29.0 Å². The topological polar surface area (TPSA) is 110 Å². The van der Waals surface area contributed by atoms with E-state index in [9.17, 15) is 29.0 Å². The van der Waals surface area contributed by atoms with E-state index >= 15 is 0 Å². The molecule has 0 aromatic heterocycles. The number of carbonyl (C=O) groups excluding carboxylic acids is 3. The molecule has 0 bridgehead atoms. The van der Waals surface area contributed by atoms with Crippen LogP contribution in [0.1, 0.15) is 44.7 Å². The Hall–Kier alpha value is -4.08. The highest BCUT2D eigenvalue weighted by Gasteiger charge is 2.47. The number of nitrogens with zero attached hydrogens (tertiary/aromatic N) is 2. The van der Waals surface area contributed by atoms with Crippen molar-refractivity contribution in [2.45, 2.75) is 25.8 Å². The summed E-state index contributed by atoms with van der Waals surface area (Å²) in [6.07, 6.45) is 0. The highest BCUT2D eigenvalue weighted by molar-refractivity contribution is 6.02. The van der Waals surface area contributed by atoms with Gasteiger partial charge in [0.1, 0.15) is 17.3 Å². The third-order valence-electron chi connectivity index (χ3n) is 8.12. The quantitative estimate of drug-likeness (QED) is 0.314. The normalized spacial score (nSPS) is 18.5. The number of aromatic hydroxyl groups is 2. The van der Waals surface area contributed by atoms with E-state index in [1.165, 1.54) is 30.3 Å². The van der Waals surface area contributed by atoms with Crippen molar-refractivity contribution in [1.82, 2.24) is 15.1 Å². The summed E-state index contributed by atoms with van der Waals surface area (Å²) in [7, 11) is 3.81. The number of hydrogen-bond acceptors (Lipinski definition) is 7. The van der Waals surface area contributed by atoms with E-state index in [-0.39, 0.29) is 53.2 Å². The fourth-order valence-corrected chi connectivity index (χ4v) is 5.78. The number of amides is 1. The maximum atomic E-state index is 14.9. The molecule has 8 nitrogen and oxygen atoms in total. The van der Waals surface area contributed by atoms with E-state index < -0.39 is 29.6 Å². The van der Waals surface area contributed by atoms with E-state index in [2.05, 4.69) is 5.32 Å². The smallest absolute Gasteiger partial charge is 0.237 e. The summed E-state index contributed by atoms with van der Waals surface area (Å²) >= 11 is 0. The van der Waals surface area contributed by atoms with Crippen LogP contribution in [0.2, 0.25) is 0 Å². The first kappa shape index (κ1) is 30.9. The second-order valence-corrected chi connectivity index (χ2v) is 11.2. The Morgan fingerprint density at radius 1 is 0.929 bits per heavy atom. The average Bonchev–Trinajstić information content (AvgIpc) is 2.96. The van der Waals surface area contributed by atoms with Crippen molar-refractivity contribution in [1.29, 1.82) is 0 Å². The highest BCUT2D eigenvalue weighted by Crippen LogP contribution is 2.43. The minimum Gasteiger partial charge on any atom is -0.508 e. The molecule has 9 heteroatoms. The van der Waals surface area contributed by atoms with E-state index in [0.717, 1.165) is 0 Å². The number of halogens is 1. The largest absolute Gasteiger partial charge is 0.508 e. The molecule has 1 saturated heterocycles. The third-order valence-corrected chi connectivity index (χ3v) is 8.12. The molecule has 4 rings (SSSR count). The highest BCUT2D eigenvalue weighted by atomic mass is 19.1. The zero-order valence-electron chi connectivity index (χ0n) is 24.4. The number of benzene rings is 3. The molecule has 0 spiro atoms. The number of hydrogen-bond donors (Lipinski definition) is 3. The number of ketones is 2. The van der Waals surface area contributed by atoms with Crippen LogP contribution in [-0.2, 0) is 4.79 Å². The summed E-state index contributed by atoms with van der Waals surface area (Å²) in [6.45, 7) is 4.74. The van der Waals surface area contributed by atoms with Gasteiger partial charge in [-0.3, -0.25) is 19.3 Å². The molecule has 0 saturated carbocycles. The minimum atomic E-state index is -0.843.